The molecule has 0 fully saturated rings. The Morgan fingerprint density at radius 3 is 2.71 bits per heavy atom. The molecule has 17 heavy (non-hydrogen) atoms. The number of hydrogen-bond donors (Lipinski definition) is 0. The Hall–Kier alpha value is -1.31. The summed E-state index contributed by atoms with van der Waals surface area (Å²) in [6.07, 6.45) is 0.988. The zero-order valence-corrected chi connectivity index (χ0v) is 10.2. The van der Waals surface area contributed by atoms with Gasteiger partial charge in [0.25, 0.3) is 0 Å². The van der Waals surface area contributed by atoms with Crippen LogP contribution in [0.3, 0.4) is 0 Å². The molecule has 0 radical (unpaired) electrons. The average Bonchev–Trinajstić information content (AvgIpc) is 2.76. The molecule has 0 saturated heterocycles. The number of rotatable bonds is 2. The van der Waals surface area contributed by atoms with E-state index in [9.17, 15) is 0 Å². The second-order valence-electron chi connectivity index (χ2n) is 4.29. The highest BCUT2D eigenvalue weighted by Crippen LogP contribution is 2.34. The zero-order valence-electron chi connectivity index (χ0n) is 9.40. The molecule has 1 aliphatic rings. The zero-order chi connectivity index (χ0) is 11.7. The molecule has 0 spiro atoms. The minimum absolute atomic E-state index is 0.145. The smallest absolute Gasteiger partial charge is 0.0873 e. The summed E-state index contributed by atoms with van der Waals surface area (Å²) in [4.78, 5) is 0. The third-order valence-electron chi connectivity index (χ3n) is 3.21. The van der Waals surface area contributed by atoms with Crippen molar-refractivity contribution in [3.63, 3.8) is 0 Å². The van der Waals surface area contributed by atoms with Crippen molar-refractivity contribution in [2.24, 2.45) is 0 Å². The molecule has 0 saturated carbocycles. The summed E-state index contributed by atoms with van der Waals surface area (Å²) in [7, 11) is 0. The van der Waals surface area contributed by atoms with Crippen molar-refractivity contribution in [3.05, 3.63) is 70.2 Å². The molecule has 2 aromatic rings. The number of hydrogen-bond acceptors (Lipinski definition) is 1. The molecule has 2 heteroatoms. The van der Waals surface area contributed by atoms with Gasteiger partial charge in [-0.15, -0.1) is 0 Å². The van der Waals surface area contributed by atoms with Crippen LogP contribution in [0.15, 0.2) is 48.5 Å². The van der Waals surface area contributed by atoms with E-state index in [4.69, 9.17) is 16.3 Å². The van der Waals surface area contributed by atoms with Gasteiger partial charge in [0.1, 0.15) is 0 Å². The van der Waals surface area contributed by atoms with Gasteiger partial charge in [-0.05, 0) is 22.8 Å². The van der Waals surface area contributed by atoms with E-state index in [1.165, 1.54) is 11.1 Å². The Balaban J connectivity index is 1.87. The molecule has 1 aliphatic heterocycles. The number of benzene rings is 2. The van der Waals surface area contributed by atoms with Crippen molar-refractivity contribution in [2.45, 2.75) is 19.1 Å². The van der Waals surface area contributed by atoms with E-state index in [0.717, 1.165) is 17.0 Å². The molecule has 3 rings (SSSR count). The second-order valence-corrected chi connectivity index (χ2v) is 4.70. The lowest BCUT2D eigenvalue weighted by Gasteiger charge is -2.12. The van der Waals surface area contributed by atoms with E-state index in [2.05, 4.69) is 30.3 Å². The Morgan fingerprint density at radius 1 is 1.06 bits per heavy atom. The van der Waals surface area contributed by atoms with E-state index in [1.54, 1.807) is 0 Å². The van der Waals surface area contributed by atoms with Gasteiger partial charge in [-0.1, -0.05) is 54.1 Å². The van der Waals surface area contributed by atoms with Gasteiger partial charge < -0.3 is 4.74 Å². The summed E-state index contributed by atoms with van der Waals surface area (Å²) in [6, 6.07) is 16.3. The Kier molecular flexibility index (Phi) is 2.87. The molecule has 0 aliphatic carbocycles. The van der Waals surface area contributed by atoms with Crippen LogP contribution in [0.2, 0.25) is 5.02 Å². The largest absolute Gasteiger partial charge is 0.368 e. The quantitative estimate of drug-likeness (QED) is 0.771. The number of fused-ring (bicyclic) bond motifs is 1. The highest BCUT2D eigenvalue weighted by atomic mass is 35.5. The van der Waals surface area contributed by atoms with Gasteiger partial charge in [0.2, 0.25) is 0 Å². The summed E-state index contributed by atoms with van der Waals surface area (Å²) in [5.74, 6) is 0. The molecule has 0 bridgehead atoms. The van der Waals surface area contributed by atoms with Crippen LogP contribution in [0.4, 0.5) is 0 Å². The monoisotopic (exact) mass is 244 g/mol. The molecule has 2 aromatic carbocycles. The minimum atomic E-state index is 0.145. The molecule has 1 nitrogen and oxygen atoms in total. The Morgan fingerprint density at radius 2 is 1.82 bits per heavy atom. The second kappa shape index (κ2) is 4.52. The topological polar surface area (TPSA) is 9.23 Å². The van der Waals surface area contributed by atoms with Gasteiger partial charge >= 0.3 is 0 Å². The van der Waals surface area contributed by atoms with Gasteiger partial charge in [-0.25, -0.2) is 0 Å². The average molecular weight is 245 g/mol. The fraction of sp³-hybridized carbons (Fsp3) is 0.200. The summed E-state index contributed by atoms with van der Waals surface area (Å²) < 4.78 is 5.82. The number of ether oxygens (including phenoxy) is 1. The van der Waals surface area contributed by atoms with E-state index < -0.39 is 0 Å². The molecule has 1 heterocycles. The third-order valence-corrected chi connectivity index (χ3v) is 3.57. The maximum absolute atomic E-state index is 6.17. The van der Waals surface area contributed by atoms with Gasteiger partial charge in [-0.2, -0.15) is 0 Å². The van der Waals surface area contributed by atoms with Crippen molar-refractivity contribution in [1.82, 2.24) is 0 Å². The molecule has 0 N–H and O–H groups in total. The highest BCUT2D eigenvalue weighted by molar-refractivity contribution is 6.31. The van der Waals surface area contributed by atoms with Crippen LogP contribution in [0.5, 0.6) is 0 Å². The molecule has 86 valence electrons. The first-order chi connectivity index (χ1) is 8.34. The van der Waals surface area contributed by atoms with Crippen LogP contribution in [-0.4, -0.2) is 0 Å². The molecule has 1 unspecified atom stereocenters. The van der Waals surface area contributed by atoms with Crippen molar-refractivity contribution < 1.29 is 4.74 Å². The first-order valence-corrected chi connectivity index (χ1v) is 6.15. The Bertz CT molecular complexity index is 536. The maximum atomic E-state index is 6.17. The van der Waals surface area contributed by atoms with E-state index in [0.29, 0.717) is 6.61 Å². The van der Waals surface area contributed by atoms with Crippen molar-refractivity contribution in [3.8, 4) is 0 Å². The predicted molar refractivity (Wildman–Crippen MR) is 69.1 cm³/mol. The van der Waals surface area contributed by atoms with E-state index in [1.807, 2.05) is 18.2 Å². The van der Waals surface area contributed by atoms with Crippen molar-refractivity contribution in [1.29, 1.82) is 0 Å². The van der Waals surface area contributed by atoms with E-state index >= 15 is 0 Å². The normalized spacial score (nSPS) is 18.1. The van der Waals surface area contributed by atoms with Gasteiger partial charge in [-0.3, -0.25) is 0 Å². The molecular weight excluding hydrogens is 232 g/mol. The fourth-order valence-corrected chi connectivity index (χ4v) is 2.51. The lowest BCUT2D eigenvalue weighted by Crippen LogP contribution is -2.01. The highest BCUT2D eigenvalue weighted by Gasteiger charge is 2.23. The first kappa shape index (κ1) is 10.8. The van der Waals surface area contributed by atoms with Crippen LogP contribution in [0, 0.1) is 0 Å². The number of halogens is 1. The standard InChI is InChI=1S/C15H13ClO/c16-14-8-4-2-5-11(14)9-15-13-7-3-1-6-12(13)10-17-15/h1-8,15H,9-10H2. The fourth-order valence-electron chi connectivity index (χ4n) is 2.29. The first-order valence-electron chi connectivity index (χ1n) is 5.77. The van der Waals surface area contributed by atoms with Gasteiger partial charge in [0, 0.05) is 11.4 Å². The minimum Gasteiger partial charge on any atom is -0.368 e. The summed E-state index contributed by atoms with van der Waals surface area (Å²) in [5.41, 5.74) is 3.74. The van der Waals surface area contributed by atoms with Crippen LogP contribution in [0.25, 0.3) is 0 Å². The van der Waals surface area contributed by atoms with Gasteiger partial charge in [0.05, 0.1) is 12.7 Å². The van der Waals surface area contributed by atoms with Gasteiger partial charge in [0.15, 0.2) is 0 Å². The van der Waals surface area contributed by atoms with Crippen LogP contribution >= 0.6 is 11.6 Å². The van der Waals surface area contributed by atoms with E-state index in [-0.39, 0.29) is 6.10 Å². The summed E-state index contributed by atoms with van der Waals surface area (Å²) in [6.45, 7) is 0.714. The van der Waals surface area contributed by atoms with Crippen LogP contribution < -0.4 is 0 Å². The summed E-state index contributed by atoms with van der Waals surface area (Å²) >= 11 is 6.17. The molecular formula is C15H13ClO. The van der Waals surface area contributed by atoms with Crippen molar-refractivity contribution >= 4 is 11.6 Å². The maximum Gasteiger partial charge on any atom is 0.0873 e. The lowest BCUT2D eigenvalue weighted by atomic mass is 10.00. The summed E-state index contributed by atoms with van der Waals surface area (Å²) in [5, 5.41) is 0.820. The van der Waals surface area contributed by atoms with Crippen LogP contribution in [0.1, 0.15) is 22.8 Å². The predicted octanol–water partition coefficient (Wildman–Crippen LogP) is 4.15. The molecule has 1 atom stereocenters. The lowest BCUT2D eigenvalue weighted by molar-refractivity contribution is 0.0665. The van der Waals surface area contributed by atoms with Crippen molar-refractivity contribution in [2.75, 3.05) is 0 Å². The third kappa shape index (κ3) is 2.08. The Labute approximate surface area is 106 Å². The molecule has 0 aromatic heterocycles. The van der Waals surface area contributed by atoms with Crippen LogP contribution in [-0.2, 0) is 17.8 Å². The SMILES string of the molecule is Clc1ccccc1CC1OCc2ccccc21. The molecule has 0 amide bonds.